The molecule has 3 rings (SSSR count). The van der Waals surface area contributed by atoms with E-state index in [1.165, 1.54) is 0 Å². The van der Waals surface area contributed by atoms with Crippen LogP contribution in [0.15, 0.2) is 34.9 Å². The topological polar surface area (TPSA) is 102 Å². The van der Waals surface area contributed by atoms with Gasteiger partial charge in [-0.15, -0.1) is 0 Å². The van der Waals surface area contributed by atoms with E-state index in [-0.39, 0.29) is 16.8 Å². The fourth-order valence-corrected chi connectivity index (χ4v) is 3.21. The molecule has 3 aromatic rings. The van der Waals surface area contributed by atoms with E-state index in [0.717, 1.165) is 5.69 Å². The largest absolute Gasteiger partial charge is 0.360 e. The minimum atomic E-state index is -0.570. The zero-order chi connectivity index (χ0) is 21.3. The highest BCUT2D eigenvalue weighted by atomic mass is 35.5. The van der Waals surface area contributed by atoms with Crippen molar-refractivity contribution in [3.8, 4) is 11.3 Å². The van der Waals surface area contributed by atoms with Gasteiger partial charge in [-0.3, -0.25) is 25.1 Å². The maximum atomic E-state index is 12.7. The van der Waals surface area contributed by atoms with E-state index in [1.807, 2.05) is 27.7 Å². The maximum Gasteiger partial charge on any atom is 0.290 e. The second-order valence-electron chi connectivity index (χ2n) is 7.60. The molecule has 9 heteroatoms. The number of nitrogens with zero attached hydrogens (tertiary/aromatic N) is 3. The van der Waals surface area contributed by atoms with Crippen molar-refractivity contribution in [1.82, 2.24) is 25.8 Å². The number of amides is 2. The van der Waals surface area contributed by atoms with Crippen LogP contribution >= 0.6 is 11.6 Å². The number of hydrogen-bond donors (Lipinski definition) is 2. The standard InChI is InChI=1S/C20H22ClN5O3/c1-11-10-15(24-26(11)20(3,4)5)18(27)22-23-19(28)16-12(2)29-25-17(16)13-8-6-7-9-14(13)21/h6-10H,1-5H3,(H,22,27)(H,23,28). The van der Waals surface area contributed by atoms with E-state index >= 15 is 0 Å². The first-order valence-corrected chi connectivity index (χ1v) is 9.36. The van der Waals surface area contributed by atoms with Gasteiger partial charge in [0.2, 0.25) is 0 Å². The van der Waals surface area contributed by atoms with Crippen LogP contribution in [0.4, 0.5) is 0 Å². The number of halogens is 1. The third kappa shape index (κ3) is 4.17. The van der Waals surface area contributed by atoms with E-state index in [9.17, 15) is 9.59 Å². The minimum absolute atomic E-state index is 0.190. The number of benzene rings is 1. The van der Waals surface area contributed by atoms with Crippen LogP contribution in [0.2, 0.25) is 5.02 Å². The van der Waals surface area contributed by atoms with Crippen molar-refractivity contribution in [1.29, 1.82) is 0 Å². The van der Waals surface area contributed by atoms with Crippen molar-refractivity contribution < 1.29 is 14.1 Å². The second-order valence-corrected chi connectivity index (χ2v) is 8.01. The molecule has 0 radical (unpaired) electrons. The number of carbonyl (C=O) groups excluding carboxylic acids is 2. The molecule has 0 aliphatic heterocycles. The normalized spacial score (nSPS) is 11.4. The molecule has 0 fully saturated rings. The van der Waals surface area contributed by atoms with Gasteiger partial charge in [0.05, 0.1) is 10.6 Å². The summed E-state index contributed by atoms with van der Waals surface area (Å²) in [6.07, 6.45) is 0. The first-order chi connectivity index (χ1) is 13.6. The van der Waals surface area contributed by atoms with Crippen molar-refractivity contribution in [3.05, 3.63) is 58.1 Å². The van der Waals surface area contributed by atoms with Crippen LogP contribution in [0.3, 0.4) is 0 Å². The Hall–Kier alpha value is -3.13. The minimum Gasteiger partial charge on any atom is -0.360 e. The molecule has 29 heavy (non-hydrogen) atoms. The molecule has 2 heterocycles. The summed E-state index contributed by atoms with van der Waals surface area (Å²) >= 11 is 6.21. The highest BCUT2D eigenvalue weighted by molar-refractivity contribution is 6.33. The van der Waals surface area contributed by atoms with Gasteiger partial charge in [-0.2, -0.15) is 5.10 Å². The number of hydrazine groups is 1. The van der Waals surface area contributed by atoms with Crippen LogP contribution in [0.1, 0.15) is 53.1 Å². The van der Waals surface area contributed by atoms with Crippen LogP contribution in [0, 0.1) is 13.8 Å². The summed E-state index contributed by atoms with van der Waals surface area (Å²) in [5, 5.41) is 8.70. The molecule has 8 nitrogen and oxygen atoms in total. The van der Waals surface area contributed by atoms with Crippen molar-refractivity contribution in [2.24, 2.45) is 0 Å². The van der Waals surface area contributed by atoms with Gasteiger partial charge in [-0.1, -0.05) is 35.0 Å². The van der Waals surface area contributed by atoms with Gasteiger partial charge in [0.1, 0.15) is 17.0 Å². The molecule has 0 saturated heterocycles. The summed E-state index contributed by atoms with van der Waals surface area (Å²) in [5.74, 6) is -0.795. The molecule has 0 aliphatic rings. The van der Waals surface area contributed by atoms with Gasteiger partial charge in [0, 0.05) is 11.3 Å². The Morgan fingerprint density at radius 3 is 2.38 bits per heavy atom. The number of rotatable bonds is 3. The molecule has 1 aromatic carbocycles. The average molecular weight is 416 g/mol. The van der Waals surface area contributed by atoms with Crippen LogP contribution in [-0.2, 0) is 5.54 Å². The lowest BCUT2D eigenvalue weighted by Gasteiger charge is -2.21. The quantitative estimate of drug-likeness (QED) is 0.636. The fourth-order valence-electron chi connectivity index (χ4n) is 2.98. The molecule has 0 unspecified atom stereocenters. The number of hydrogen-bond acceptors (Lipinski definition) is 5. The summed E-state index contributed by atoms with van der Waals surface area (Å²) < 4.78 is 6.93. The van der Waals surface area contributed by atoms with Crippen molar-refractivity contribution in [2.45, 2.75) is 40.2 Å². The number of aromatic nitrogens is 3. The van der Waals surface area contributed by atoms with Gasteiger partial charge in [-0.05, 0) is 46.8 Å². The molecular weight excluding hydrogens is 394 g/mol. The predicted molar refractivity (Wildman–Crippen MR) is 109 cm³/mol. The van der Waals surface area contributed by atoms with Crippen LogP contribution < -0.4 is 10.9 Å². The van der Waals surface area contributed by atoms with Crippen molar-refractivity contribution in [3.63, 3.8) is 0 Å². The van der Waals surface area contributed by atoms with Gasteiger partial charge in [-0.25, -0.2) is 0 Å². The Morgan fingerprint density at radius 2 is 1.76 bits per heavy atom. The first kappa shape index (κ1) is 20.6. The van der Waals surface area contributed by atoms with Gasteiger partial charge >= 0.3 is 0 Å². The third-order valence-electron chi connectivity index (χ3n) is 4.26. The Balaban J connectivity index is 1.78. The first-order valence-electron chi connectivity index (χ1n) is 8.98. The molecule has 2 amide bonds. The highest BCUT2D eigenvalue weighted by Gasteiger charge is 2.24. The fraction of sp³-hybridized carbons (Fsp3) is 0.300. The second kappa shape index (κ2) is 7.71. The lowest BCUT2D eigenvalue weighted by atomic mass is 10.1. The molecule has 2 aromatic heterocycles. The van der Waals surface area contributed by atoms with E-state index in [4.69, 9.17) is 16.1 Å². The molecule has 0 bridgehead atoms. The molecule has 0 atom stereocenters. The average Bonchev–Trinajstić information content (AvgIpc) is 3.22. The Morgan fingerprint density at radius 1 is 1.10 bits per heavy atom. The van der Waals surface area contributed by atoms with Crippen LogP contribution in [0.25, 0.3) is 11.3 Å². The summed E-state index contributed by atoms with van der Waals surface area (Å²) in [6, 6.07) is 8.64. The van der Waals surface area contributed by atoms with E-state index in [0.29, 0.717) is 22.0 Å². The molecular formula is C20H22ClN5O3. The van der Waals surface area contributed by atoms with E-state index in [1.54, 1.807) is 41.9 Å². The Labute approximate surface area is 173 Å². The zero-order valence-electron chi connectivity index (χ0n) is 16.8. The monoisotopic (exact) mass is 415 g/mol. The summed E-state index contributed by atoms with van der Waals surface area (Å²) in [5.41, 5.74) is 6.59. The van der Waals surface area contributed by atoms with Crippen LogP contribution in [0.5, 0.6) is 0 Å². The molecule has 0 spiro atoms. The number of carbonyl (C=O) groups is 2. The van der Waals surface area contributed by atoms with Crippen molar-refractivity contribution >= 4 is 23.4 Å². The summed E-state index contributed by atoms with van der Waals surface area (Å²) in [7, 11) is 0. The van der Waals surface area contributed by atoms with Gasteiger partial charge in [0.15, 0.2) is 5.69 Å². The predicted octanol–water partition coefficient (Wildman–Crippen LogP) is 3.64. The maximum absolute atomic E-state index is 12.7. The SMILES string of the molecule is Cc1onc(-c2ccccc2Cl)c1C(=O)NNC(=O)c1cc(C)n(C(C)(C)C)n1. The summed E-state index contributed by atoms with van der Waals surface area (Å²) in [6.45, 7) is 9.44. The lowest BCUT2D eigenvalue weighted by Crippen LogP contribution is -2.42. The third-order valence-corrected chi connectivity index (χ3v) is 4.59. The summed E-state index contributed by atoms with van der Waals surface area (Å²) in [4.78, 5) is 25.1. The Bertz CT molecular complexity index is 1080. The van der Waals surface area contributed by atoms with Crippen LogP contribution in [-0.4, -0.2) is 26.8 Å². The van der Waals surface area contributed by atoms with Crippen molar-refractivity contribution in [2.75, 3.05) is 0 Å². The van der Waals surface area contributed by atoms with Gasteiger partial charge in [0.25, 0.3) is 11.8 Å². The smallest absolute Gasteiger partial charge is 0.290 e. The highest BCUT2D eigenvalue weighted by Crippen LogP contribution is 2.30. The lowest BCUT2D eigenvalue weighted by molar-refractivity contribution is 0.0842. The van der Waals surface area contributed by atoms with E-state index in [2.05, 4.69) is 21.1 Å². The van der Waals surface area contributed by atoms with E-state index < -0.39 is 11.8 Å². The molecule has 0 saturated carbocycles. The van der Waals surface area contributed by atoms with Gasteiger partial charge < -0.3 is 4.52 Å². The molecule has 0 aliphatic carbocycles. The Kier molecular flexibility index (Phi) is 5.48. The molecule has 152 valence electrons. The zero-order valence-corrected chi connectivity index (χ0v) is 17.6. The number of nitrogens with one attached hydrogen (secondary N) is 2. The molecule has 2 N–H and O–H groups in total. The number of aryl methyl sites for hydroxylation is 2.